The fourth-order valence-corrected chi connectivity index (χ4v) is 6.99. The third kappa shape index (κ3) is 40.4. The molecule has 0 spiro atoms. The number of quaternary nitrogens is 1. The molecule has 2 atom stereocenters. The van der Waals surface area contributed by atoms with E-state index in [0.29, 0.717) is 17.4 Å². The lowest BCUT2D eigenvalue weighted by atomic mass is 10.0. The normalized spacial score (nSPS) is 13.7. The molecule has 9 nitrogen and oxygen atoms in total. The van der Waals surface area contributed by atoms with Crippen LogP contribution in [0.2, 0.25) is 0 Å². The van der Waals surface area contributed by atoms with Crippen LogP contribution in [-0.2, 0) is 32.7 Å². The highest BCUT2D eigenvalue weighted by molar-refractivity contribution is 7.47. The summed E-state index contributed by atoms with van der Waals surface area (Å²) in [6, 6.07) is 0. The summed E-state index contributed by atoms with van der Waals surface area (Å²) in [7, 11) is 1.48. The van der Waals surface area contributed by atoms with Gasteiger partial charge in [0, 0.05) is 12.8 Å². The molecular formula is C44H87NO8P+. The molecule has 0 aliphatic carbocycles. The average molecular weight is 789 g/mol. The lowest BCUT2D eigenvalue weighted by Gasteiger charge is -2.24. The molecule has 0 bridgehead atoms. The quantitative estimate of drug-likeness (QED) is 0.0214. The third-order valence-corrected chi connectivity index (χ3v) is 10.8. The lowest BCUT2D eigenvalue weighted by molar-refractivity contribution is -0.870. The molecule has 0 heterocycles. The highest BCUT2D eigenvalue weighted by atomic mass is 31.2. The molecule has 1 unspecified atom stereocenters. The van der Waals surface area contributed by atoms with Crippen LogP contribution >= 0.6 is 7.82 Å². The first-order valence-corrected chi connectivity index (χ1v) is 23.9. The Balaban J connectivity index is 4.32. The predicted octanol–water partition coefficient (Wildman–Crippen LogP) is 12.6. The summed E-state index contributed by atoms with van der Waals surface area (Å²) in [5.41, 5.74) is 0. The maximum atomic E-state index is 12.7. The molecule has 320 valence electrons. The highest BCUT2D eigenvalue weighted by Crippen LogP contribution is 2.43. The van der Waals surface area contributed by atoms with E-state index >= 15 is 0 Å². The molecule has 0 radical (unpaired) electrons. The summed E-state index contributed by atoms with van der Waals surface area (Å²) >= 11 is 0. The molecule has 0 aromatic carbocycles. The molecule has 10 heteroatoms. The van der Waals surface area contributed by atoms with E-state index in [2.05, 4.69) is 26.0 Å². The summed E-state index contributed by atoms with van der Waals surface area (Å²) in [5, 5.41) is 0. The Morgan fingerprint density at radius 3 is 1.39 bits per heavy atom. The van der Waals surface area contributed by atoms with Gasteiger partial charge >= 0.3 is 19.8 Å². The van der Waals surface area contributed by atoms with Crippen molar-refractivity contribution in [2.24, 2.45) is 0 Å². The zero-order chi connectivity index (χ0) is 40.0. The van der Waals surface area contributed by atoms with Gasteiger partial charge in [0.1, 0.15) is 19.8 Å². The van der Waals surface area contributed by atoms with Crippen LogP contribution in [-0.4, -0.2) is 74.9 Å². The van der Waals surface area contributed by atoms with Gasteiger partial charge in [-0.2, -0.15) is 0 Å². The van der Waals surface area contributed by atoms with Crippen molar-refractivity contribution >= 4 is 19.8 Å². The van der Waals surface area contributed by atoms with Crippen LogP contribution in [0.3, 0.4) is 0 Å². The number of carbonyl (C=O) groups is 2. The van der Waals surface area contributed by atoms with Gasteiger partial charge < -0.3 is 18.9 Å². The number of esters is 2. The van der Waals surface area contributed by atoms with E-state index in [1.54, 1.807) is 0 Å². The number of carbonyl (C=O) groups excluding carboxylic acids is 2. The first kappa shape index (κ1) is 52.8. The molecule has 0 saturated heterocycles. The van der Waals surface area contributed by atoms with Gasteiger partial charge in [0.2, 0.25) is 0 Å². The molecular weight excluding hydrogens is 701 g/mol. The molecule has 0 fully saturated rings. The Labute approximate surface area is 333 Å². The minimum absolute atomic E-state index is 0.0336. The molecule has 0 aromatic heterocycles. The zero-order valence-corrected chi connectivity index (χ0v) is 36.9. The predicted molar refractivity (Wildman–Crippen MR) is 224 cm³/mol. The Bertz CT molecular complexity index is 938. The number of hydrogen-bond donors (Lipinski definition) is 1. The van der Waals surface area contributed by atoms with E-state index in [4.69, 9.17) is 18.5 Å². The minimum Gasteiger partial charge on any atom is -0.462 e. The fraction of sp³-hybridized carbons (Fsp3) is 0.909. The van der Waals surface area contributed by atoms with Gasteiger partial charge in [-0.25, -0.2) is 4.57 Å². The van der Waals surface area contributed by atoms with Gasteiger partial charge in [0.05, 0.1) is 27.7 Å². The first-order chi connectivity index (χ1) is 26.0. The summed E-state index contributed by atoms with van der Waals surface area (Å²) < 4.78 is 34.3. The summed E-state index contributed by atoms with van der Waals surface area (Å²) in [6.07, 6.45) is 38.2. The average Bonchev–Trinajstić information content (AvgIpc) is 3.12. The second-order valence-electron chi connectivity index (χ2n) is 16.4. The van der Waals surface area contributed by atoms with Crippen LogP contribution in [0.4, 0.5) is 0 Å². The molecule has 0 amide bonds. The number of likely N-dealkylation sites (N-methyl/N-ethyl adjacent to an activating group) is 1. The summed E-state index contributed by atoms with van der Waals surface area (Å²) in [6.45, 7) is 4.42. The van der Waals surface area contributed by atoms with Crippen LogP contribution in [0, 0.1) is 0 Å². The van der Waals surface area contributed by atoms with Gasteiger partial charge in [-0.05, 0) is 38.5 Å². The molecule has 0 aliphatic heterocycles. The number of nitrogens with zero attached hydrogens (tertiary/aromatic N) is 1. The molecule has 1 N–H and O–H groups in total. The van der Waals surface area contributed by atoms with Crippen molar-refractivity contribution in [3.63, 3.8) is 0 Å². The van der Waals surface area contributed by atoms with Crippen molar-refractivity contribution in [1.29, 1.82) is 0 Å². The largest absolute Gasteiger partial charge is 0.472 e. The van der Waals surface area contributed by atoms with Crippen LogP contribution in [0.5, 0.6) is 0 Å². The van der Waals surface area contributed by atoms with Crippen molar-refractivity contribution in [2.75, 3.05) is 47.5 Å². The number of unbranched alkanes of at least 4 members (excludes halogenated alkanes) is 25. The molecule has 54 heavy (non-hydrogen) atoms. The van der Waals surface area contributed by atoms with Gasteiger partial charge in [-0.15, -0.1) is 0 Å². The van der Waals surface area contributed by atoms with Crippen molar-refractivity contribution in [3.05, 3.63) is 12.2 Å². The van der Waals surface area contributed by atoms with E-state index in [0.717, 1.165) is 51.4 Å². The van der Waals surface area contributed by atoms with Crippen molar-refractivity contribution in [1.82, 2.24) is 0 Å². The number of phosphoric acid groups is 1. The number of rotatable bonds is 41. The maximum Gasteiger partial charge on any atom is 0.472 e. The van der Waals surface area contributed by atoms with Crippen LogP contribution in [0.25, 0.3) is 0 Å². The molecule has 0 rings (SSSR count). The second-order valence-corrected chi connectivity index (χ2v) is 17.9. The van der Waals surface area contributed by atoms with Gasteiger partial charge in [-0.3, -0.25) is 18.6 Å². The van der Waals surface area contributed by atoms with E-state index < -0.39 is 26.5 Å². The van der Waals surface area contributed by atoms with E-state index in [1.165, 1.54) is 122 Å². The number of phosphoric ester groups is 1. The van der Waals surface area contributed by atoms with Crippen molar-refractivity contribution < 1.29 is 42.1 Å². The molecule has 0 saturated carbocycles. The minimum atomic E-state index is -4.37. The monoisotopic (exact) mass is 789 g/mol. The summed E-state index contributed by atoms with van der Waals surface area (Å²) in [5.74, 6) is -0.799. The zero-order valence-electron chi connectivity index (χ0n) is 36.0. The van der Waals surface area contributed by atoms with Crippen molar-refractivity contribution in [2.45, 2.75) is 213 Å². The number of allylic oxidation sites excluding steroid dienone is 2. The Hall–Kier alpha value is -1.25. The van der Waals surface area contributed by atoms with E-state index in [1.807, 2.05) is 21.1 Å². The Morgan fingerprint density at radius 1 is 0.556 bits per heavy atom. The lowest BCUT2D eigenvalue weighted by Crippen LogP contribution is -2.37. The standard InChI is InChI=1S/C44H86NO8P/c1-6-8-10-12-14-16-18-20-21-22-23-25-27-29-31-33-35-37-44(47)53-42(41-52-54(48,49)51-39-38-45(3,4)5)40-50-43(46)36-34-32-30-28-26-24-19-17-15-13-11-9-7-2/h17,19,42H,6-16,18,20-41H2,1-5H3/p+1/b19-17-/t42-/m1/s1. The molecule has 0 aliphatic rings. The third-order valence-electron chi connectivity index (χ3n) is 9.80. The van der Waals surface area contributed by atoms with E-state index in [-0.39, 0.29) is 32.0 Å². The topological polar surface area (TPSA) is 108 Å². The van der Waals surface area contributed by atoms with Gasteiger partial charge in [0.25, 0.3) is 0 Å². The SMILES string of the molecule is CCCCCC/C=C\CCCCCCCC(=O)OC[C@H](COP(=O)(O)OCC[N+](C)(C)C)OC(=O)CCCCCCCCCCCCCCCCCCC. The van der Waals surface area contributed by atoms with Crippen LogP contribution in [0.1, 0.15) is 206 Å². The van der Waals surface area contributed by atoms with Gasteiger partial charge in [0.15, 0.2) is 6.10 Å². The maximum absolute atomic E-state index is 12.7. The van der Waals surface area contributed by atoms with Crippen LogP contribution in [0.15, 0.2) is 12.2 Å². The number of hydrogen-bond acceptors (Lipinski definition) is 7. The van der Waals surface area contributed by atoms with E-state index in [9.17, 15) is 19.0 Å². The highest BCUT2D eigenvalue weighted by Gasteiger charge is 2.27. The Kier molecular flexibility index (Phi) is 36.5. The smallest absolute Gasteiger partial charge is 0.462 e. The van der Waals surface area contributed by atoms with Crippen LogP contribution < -0.4 is 0 Å². The number of ether oxygens (including phenoxy) is 2. The van der Waals surface area contributed by atoms with Crippen molar-refractivity contribution in [3.8, 4) is 0 Å². The fourth-order valence-electron chi connectivity index (χ4n) is 6.24. The molecule has 0 aromatic rings. The van der Waals surface area contributed by atoms with Gasteiger partial charge in [-0.1, -0.05) is 167 Å². The summed E-state index contributed by atoms with van der Waals surface area (Å²) in [4.78, 5) is 35.3. The second kappa shape index (κ2) is 37.3. The first-order valence-electron chi connectivity index (χ1n) is 22.4. The Morgan fingerprint density at radius 2 is 0.944 bits per heavy atom.